The number of nitrogens with zero attached hydrogens (tertiary/aromatic N) is 2. The first-order valence-corrected chi connectivity index (χ1v) is 8.91. The van der Waals surface area contributed by atoms with Gasteiger partial charge in [0.05, 0.1) is 23.9 Å². The fourth-order valence-electron chi connectivity index (χ4n) is 3.29. The third-order valence-corrected chi connectivity index (χ3v) is 4.72. The lowest BCUT2D eigenvalue weighted by molar-refractivity contribution is 0.0767. The molecule has 2 aromatic carbocycles. The van der Waals surface area contributed by atoms with Crippen LogP contribution in [0, 0.1) is 0 Å². The quantitative estimate of drug-likeness (QED) is 0.743. The molecule has 0 fully saturated rings. The second-order valence-electron chi connectivity index (χ2n) is 6.54. The van der Waals surface area contributed by atoms with Crippen LogP contribution in [0.3, 0.4) is 0 Å². The zero-order valence-electron chi connectivity index (χ0n) is 15.4. The summed E-state index contributed by atoms with van der Waals surface area (Å²) in [4.78, 5) is 31.2. The van der Waals surface area contributed by atoms with E-state index in [1.807, 2.05) is 36.4 Å². The highest BCUT2D eigenvalue weighted by molar-refractivity contribution is 6.10. The summed E-state index contributed by atoms with van der Waals surface area (Å²) in [5, 5.41) is 2.85. The van der Waals surface area contributed by atoms with E-state index in [1.54, 1.807) is 36.4 Å². The smallest absolute Gasteiger partial charge is 0.257 e. The van der Waals surface area contributed by atoms with Crippen LogP contribution in [0.1, 0.15) is 31.8 Å². The highest BCUT2D eigenvalue weighted by Gasteiger charge is 2.30. The number of methoxy groups -OCH3 is 1. The van der Waals surface area contributed by atoms with E-state index in [1.165, 1.54) is 6.20 Å². The molecule has 0 atom stereocenters. The summed E-state index contributed by atoms with van der Waals surface area (Å²) in [6.45, 7) is 1.00. The Kier molecular flexibility index (Phi) is 4.76. The predicted octanol–water partition coefficient (Wildman–Crippen LogP) is 3.50. The molecule has 0 saturated heterocycles. The van der Waals surface area contributed by atoms with Crippen LogP contribution in [0.15, 0.2) is 67.0 Å². The van der Waals surface area contributed by atoms with Crippen molar-refractivity contribution >= 4 is 17.5 Å². The molecule has 140 valence electrons. The number of ether oxygens (including phenoxy) is 1. The summed E-state index contributed by atoms with van der Waals surface area (Å²) in [6, 6.07) is 16.5. The first kappa shape index (κ1) is 17.7. The number of benzene rings is 2. The second kappa shape index (κ2) is 7.52. The molecule has 0 unspecified atom stereocenters. The SMILES string of the molecule is COc1ccc(CN2Cc3cccc(NC(=O)c4cccnc4)c3C2=O)cc1. The molecule has 0 spiro atoms. The molecule has 28 heavy (non-hydrogen) atoms. The van der Waals surface area contributed by atoms with E-state index in [2.05, 4.69) is 10.3 Å². The highest BCUT2D eigenvalue weighted by atomic mass is 16.5. The number of anilines is 1. The predicted molar refractivity (Wildman–Crippen MR) is 105 cm³/mol. The molecule has 2 amide bonds. The molecule has 0 bridgehead atoms. The lowest BCUT2D eigenvalue weighted by Gasteiger charge is -2.16. The van der Waals surface area contributed by atoms with Crippen LogP contribution in [0.2, 0.25) is 0 Å². The van der Waals surface area contributed by atoms with Gasteiger partial charge in [-0.1, -0.05) is 24.3 Å². The summed E-state index contributed by atoms with van der Waals surface area (Å²) in [5.41, 5.74) is 3.44. The third kappa shape index (κ3) is 3.44. The fraction of sp³-hybridized carbons (Fsp3) is 0.136. The van der Waals surface area contributed by atoms with Gasteiger partial charge in [0, 0.05) is 25.5 Å². The van der Waals surface area contributed by atoms with Crippen LogP contribution in [0.4, 0.5) is 5.69 Å². The minimum absolute atomic E-state index is 0.0899. The Hall–Kier alpha value is -3.67. The van der Waals surface area contributed by atoms with Crippen molar-refractivity contribution in [2.75, 3.05) is 12.4 Å². The Morgan fingerprint density at radius 3 is 2.68 bits per heavy atom. The molecule has 0 radical (unpaired) electrons. The van der Waals surface area contributed by atoms with E-state index in [4.69, 9.17) is 4.74 Å². The highest BCUT2D eigenvalue weighted by Crippen LogP contribution is 2.31. The Morgan fingerprint density at radius 1 is 1.14 bits per heavy atom. The van der Waals surface area contributed by atoms with Crippen molar-refractivity contribution in [2.24, 2.45) is 0 Å². The van der Waals surface area contributed by atoms with Crippen molar-refractivity contribution in [3.8, 4) is 5.75 Å². The molecule has 1 aromatic heterocycles. The van der Waals surface area contributed by atoms with E-state index in [9.17, 15) is 9.59 Å². The van der Waals surface area contributed by atoms with Gasteiger partial charge in [0.2, 0.25) is 0 Å². The van der Waals surface area contributed by atoms with Gasteiger partial charge in [0.25, 0.3) is 11.8 Å². The molecule has 6 nitrogen and oxygen atoms in total. The number of carbonyl (C=O) groups excluding carboxylic acids is 2. The number of aromatic nitrogens is 1. The molecule has 0 saturated carbocycles. The Bertz CT molecular complexity index is 1020. The zero-order valence-corrected chi connectivity index (χ0v) is 15.4. The van der Waals surface area contributed by atoms with E-state index < -0.39 is 0 Å². The minimum Gasteiger partial charge on any atom is -0.497 e. The molecule has 0 aliphatic carbocycles. The van der Waals surface area contributed by atoms with Crippen LogP contribution in [0.5, 0.6) is 5.75 Å². The van der Waals surface area contributed by atoms with Crippen LogP contribution < -0.4 is 10.1 Å². The Labute approximate surface area is 162 Å². The number of carbonyl (C=O) groups is 2. The largest absolute Gasteiger partial charge is 0.497 e. The minimum atomic E-state index is -0.289. The summed E-state index contributed by atoms with van der Waals surface area (Å²) < 4.78 is 5.17. The average molecular weight is 373 g/mol. The standard InChI is InChI=1S/C22H19N3O3/c1-28-18-9-7-15(8-10-18)13-25-14-17-4-2-6-19(20(17)22(25)27)24-21(26)16-5-3-11-23-12-16/h2-12H,13-14H2,1H3,(H,24,26). The van der Waals surface area contributed by atoms with E-state index in [0.717, 1.165) is 16.9 Å². The van der Waals surface area contributed by atoms with Gasteiger partial charge in [-0.3, -0.25) is 14.6 Å². The number of pyridine rings is 1. The second-order valence-corrected chi connectivity index (χ2v) is 6.54. The maximum absolute atomic E-state index is 13.0. The molecule has 4 rings (SSSR count). The molecule has 6 heteroatoms. The van der Waals surface area contributed by atoms with E-state index >= 15 is 0 Å². The van der Waals surface area contributed by atoms with Crippen molar-refractivity contribution in [3.05, 3.63) is 89.2 Å². The summed E-state index contributed by atoms with van der Waals surface area (Å²) in [5.74, 6) is 0.399. The van der Waals surface area contributed by atoms with Gasteiger partial charge in [0.1, 0.15) is 5.75 Å². The molecule has 2 heterocycles. The Balaban J connectivity index is 1.54. The number of hydrogen-bond acceptors (Lipinski definition) is 4. The number of amides is 2. The number of hydrogen-bond donors (Lipinski definition) is 1. The van der Waals surface area contributed by atoms with Gasteiger partial charge in [-0.15, -0.1) is 0 Å². The molecule has 1 aliphatic heterocycles. The molecule has 1 aliphatic rings. The maximum atomic E-state index is 13.0. The van der Waals surface area contributed by atoms with Crippen molar-refractivity contribution in [3.63, 3.8) is 0 Å². The lowest BCUT2D eigenvalue weighted by Crippen LogP contribution is -2.24. The van der Waals surface area contributed by atoms with Gasteiger partial charge in [-0.2, -0.15) is 0 Å². The molecular weight excluding hydrogens is 354 g/mol. The first-order valence-electron chi connectivity index (χ1n) is 8.91. The fourth-order valence-corrected chi connectivity index (χ4v) is 3.29. The number of rotatable bonds is 5. The van der Waals surface area contributed by atoms with Crippen molar-refractivity contribution in [1.29, 1.82) is 0 Å². The number of nitrogens with one attached hydrogen (secondary N) is 1. The van der Waals surface area contributed by atoms with Gasteiger partial charge < -0.3 is 15.0 Å². The van der Waals surface area contributed by atoms with Gasteiger partial charge in [-0.05, 0) is 41.5 Å². The normalized spacial score (nSPS) is 12.6. The van der Waals surface area contributed by atoms with Crippen LogP contribution in [0.25, 0.3) is 0 Å². The average Bonchev–Trinajstić information content (AvgIpc) is 3.05. The van der Waals surface area contributed by atoms with Gasteiger partial charge >= 0.3 is 0 Å². The number of fused-ring (bicyclic) bond motifs is 1. The summed E-state index contributed by atoms with van der Waals surface area (Å²) >= 11 is 0. The molecular formula is C22H19N3O3. The van der Waals surface area contributed by atoms with Gasteiger partial charge in [-0.25, -0.2) is 0 Å². The van der Waals surface area contributed by atoms with E-state index in [-0.39, 0.29) is 11.8 Å². The monoisotopic (exact) mass is 373 g/mol. The lowest BCUT2D eigenvalue weighted by atomic mass is 10.1. The zero-order chi connectivity index (χ0) is 19.5. The Morgan fingerprint density at radius 2 is 1.96 bits per heavy atom. The van der Waals surface area contributed by atoms with E-state index in [0.29, 0.717) is 29.9 Å². The van der Waals surface area contributed by atoms with Crippen LogP contribution >= 0.6 is 0 Å². The maximum Gasteiger partial charge on any atom is 0.257 e. The van der Waals surface area contributed by atoms with Gasteiger partial charge in [0.15, 0.2) is 0 Å². The van der Waals surface area contributed by atoms with Crippen molar-refractivity contribution in [1.82, 2.24) is 9.88 Å². The third-order valence-electron chi connectivity index (χ3n) is 4.72. The summed E-state index contributed by atoms with van der Waals surface area (Å²) in [7, 11) is 1.62. The molecule has 3 aromatic rings. The first-order chi connectivity index (χ1) is 13.7. The molecule has 1 N–H and O–H groups in total. The summed E-state index contributed by atoms with van der Waals surface area (Å²) in [6.07, 6.45) is 3.11. The topological polar surface area (TPSA) is 71.5 Å². The van der Waals surface area contributed by atoms with Crippen molar-refractivity contribution < 1.29 is 14.3 Å². The van der Waals surface area contributed by atoms with Crippen LogP contribution in [-0.2, 0) is 13.1 Å². The van der Waals surface area contributed by atoms with Crippen LogP contribution in [-0.4, -0.2) is 28.8 Å². The van der Waals surface area contributed by atoms with Crippen molar-refractivity contribution in [2.45, 2.75) is 13.1 Å².